The molecule has 4 rings (SSSR count). The first-order valence-electron chi connectivity index (χ1n) is 9.86. The Labute approximate surface area is 165 Å². The number of amides is 4. The van der Waals surface area contributed by atoms with Crippen LogP contribution in [0.2, 0.25) is 0 Å². The van der Waals surface area contributed by atoms with Crippen LogP contribution in [0.4, 0.5) is 4.79 Å². The van der Waals surface area contributed by atoms with Crippen molar-refractivity contribution in [2.75, 3.05) is 33.9 Å². The van der Waals surface area contributed by atoms with Gasteiger partial charge in [0.2, 0.25) is 5.91 Å². The number of methoxy groups -OCH3 is 1. The van der Waals surface area contributed by atoms with Crippen LogP contribution in [0.25, 0.3) is 0 Å². The van der Waals surface area contributed by atoms with Crippen molar-refractivity contribution < 1.29 is 19.1 Å². The van der Waals surface area contributed by atoms with Crippen molar-refractivity contribution in [3.05, 3.63) is 35.9 Å². The second-order valence-electron chi connectivity index (χ2n) is 8.26. The fourth-order valence-electron chi connectivity index (χ4n) is 4.61. The van der Waals surface area contributed by atoms with Crippen LogP contribution in [-0.2, 0) is 20.9 Å². The molecule has 150 valence electrons. The molecule has 3 aliphatic rings. The van der Waals surface area contributed by atoms with Gasteiger partial charge in [0.1, 0.15) is 5.54 Å². The van der Waals surface area contributed by atoms with E-state index in [-0.39, 0.29) is 23.3 Å². The number of likely N-dealkylation sites (N-methyl/N-ethyl adjacent to an activating group) is 1. The molecule has 1 spiro atoms. The zero-order valence-electron chi connectivity index (χ0n) is 16.5. The summed E-state index contributed by atoms with van der Waals surface area (Å²) in [6.07, 6.45) is 2.68. The fourth-order valence-corrected chi connectivity index (χ4v) is 4.61. The van der Waals surface area contributed by atoms with E-state index in [2.05, 4.69) is 0 Å². The second kappa shape index (κ2) is 6.88. The van der Waals surface area contributed by atoms with Crippen LogP contribution in [0.3, 0.4) is 0 Å². The molecule has 3 fully saturated rings. The van der Waals surface area contributed by atoms with Gasteiger partial charge in [0.25, 0.3) is 5.91 Å². The maximum atomic E-state index is 13.0. The molecule has 1 aromatic rings. The number of urea groups is 1. The molecule has 1 aliphatic carbocycles. The molecule has 0 aromatic heterocycles. The van der Waals surface area contributed by atoms with Crippen molar-refractivity contribution in [1.82, 2.24) is 14.7 Å². The van der Waals surface area contributed by atoms with E-state index < -0.39 is 5.54 Å². The predicted molar refractivity (Wildman–Crippen MR) is 102 cm³/mol. The lowest BCUT2D eigenvalue weighted by molar-refractivity contribution is -0.145. The first kappa shape index (κ1) is 18.9. The molecule has 2 aliphatic heterocycles. The molecule has 0 atom stereocenters. The van der Waals surface area contributed by atoms with Crippen molar-refractivity contribution in [1.29, 1.82) is 0 Å². The van der Waals surface area contributed by atoms with E-state index in [0.717, 1.165) is 18.4 Å². The molecule has 2 saturated heterocycles. The zero-order chi connectivity index (χ0) is 19.9. The summed E-state index contributed by atoms with van der Waals surface area (Å²) in [5, 5.41) is 0. The summed E-state index contributed by atoms with van der Waals surface area (Å²) >= 11 is 0. The lowest BCUT2D eigenvalue weighted by atomic mass is 9.85. The number of benzene rings is 1. The number of imide groups is 1. The highest BCUT2D eigenvalue weighted by atomic mass is 16.5. The minimum atomic E-state index is -0.851. The van der Waals surface area contributed by atoms with Gasteiger partial charge in [-0.2, -0.15) is 0 Å². The fraction of sp³-hybridized carbons (Fsp3) is 0.571. The summed E-state index contributed by atoms with van der Waals surface area (Å²) in [6.45, 7) is 1.83. The van der Waals surface area contributed by atoms with Gasteiger partial charge < -0.3 is 14.5 Å². The quantitative estimate of drug-likeness (QED) is 0.726. The number of likely N-dealkylation sites (tertiary alicyclic amines) is 1. The Balaban J connectivity index is 1.52. The molecular formula is C21H27N3O4. The number of ether oxygens (including phenoxy) is 1. The number of rotatable bonds is 5. The van der Waals surface area contributed by atoms with Gasteiger partial charge in [0.05, 0.1) is 12.0 Å². The Hall–Kier alpha value is -2.41. The lowest BCUT2D eigenvalue weighted by Gasteiger charge is -2.43. The third kappa shape index (κ3) is 2.89. The number of hydrogen-bond acceptors (Lipinski definition) is 4. The Morgan fingerprint density at radius 3 is 2.29 bits per heavy atom. The summed E-state index contributed by atoms with van der Waals surface area (Å²) in [4.78, 5) is 43.5. The Morgan fingerprint density at radius 1 is 1.07 bits per heavy atom. The largest absolute Gasteiger partial charge is 0.384 e. The molecule has 0 unspecified atom stereocenters. The third-order valence-electron chi connectivity index (χ3n) is 6.53. The van der Waals surface area contributed by atoms with Crippen LogP contribution in [0, 0.1) is 5.41 Å². The van der Waals surface area contributed by atoms with Gasteiger partial charge in [-0.1, -0.05) is 30.3 Å². The van der Waals surface area contributed by atoms with Crippen molar-refractivity contribution >= 4 is 17.8 Å². The highest BCUT2D eigenvalue weighted by Gasteiger charge is 2.59. The molecule has 0 bridgehead atoms. The molecule has 1 saturated carbocycles. The standard InChI is InChI=1S/C21H27N3O4/c1-22-18(26)21(24(19(22)27)14-16-6-4-3-5-7-16)10-12-23(13-11-21)17(25)20(8-9-20)15-28-2/h3-7H,8-15H2,1-2H3. The summed E-state index contributed by atoms with van der Waals surface area (Å²) in [5.41, 5.74) is -0.222. The van der Waals surface area contributed by atoms with E-state index in [1.165, 1.54) is 4.90 Å². The smallest absolute Gasteiger partial charge is 0.327 e. The first-order valence-corrected chi connectivity index (χ1v) is 9.86. The van der Waals surface area contributed by atoms with Crippen molar-refractivity contribution in [2.45, 2.75) is 37.8 Å². The maximum Gasteiger partial charge on any atom is 0.327 e. The first-order chi connectivity index (χ1) is 13.4. The molecule has 0 radical (unpaired) electrons. The highest BCUT2D eigenvalue weighted by molar-refractivity contribution is 6.07. The molecular weight excluding hydrogens is 358 g/mol. The highest BCUT2D eigenvalue weighted by Crippen LogP contribution is 2.48. The normalized spacial score (nSPS) is 22.9. The summed E-state index contributed by atoms with van der Waals surface area (Å²) < 4.78 is 5.24. The summed E-state index contributed by atoms with van der Waals surface area (Å²) in [7, 11) is 3.17. The number of hydrogen-bond donors (Lipinski definition) is 0. The molecule has 2 heterocycles. The number of piperidine rings is 1. The minimum absolute atomic E-state index is 0.129. The topological polar surface area (TPSA) is 70.2 Å². The van der Waals surface area contributed by atoms with Gasteiger partial charge in [0, 0.05) is 33.8 Å². The van der Waals surface area contributed by atoms with Crippen LogP contribution in [0.5, 0.6) is 0 Å². The molecule has 28 heavy (non-hydrogen) atoms. The van der Waals surface area contributed by atoms with Crippen LogP contribution >= 0.6 is 0 Å². The van der Waals surface area contributed by atoms with Gasteiger partial charge in [-0.15, -0.1) is 0 Å². The molecule has 1 aromatic carbocycles. The average molecular weight is 385 g/mol. The SMILES string of the molecule is COCC1(C(=O)N2CCC3(CC2)C(=O)N(C)C(=O)N3Cc2ccccc2)CC1. The molecule has 7 heteroatoms. The van der Waals surface area contributed by atoms with Crippen LogP contribution in [0.15, 0.2) is 30.3 Å². The van der Waals surface area contributed by atoms with E-state index in [1.54, 1.807) is 19.1 Å². The van der Waals surface area contributed by atoms with E-state index in [0.29, 0.717) is 39.1 Å². The third-order valence-corrected chi connectivity index (χ3v) is 6.53. The van der Waals surface area contributed by atoms with E-state index in [4.69, 9.17) is 4.74 Å². The maximum absolute atomic E-state index is 13.0. The Kier molecular flexibility index (Phi) is 4.65. The van der Waals surface area contributed by atoms with Crippen molar-refractivity contribution in [3.63, 3.8) is 0 Å². The van der Waals surface area contributed by atoms with Gasteiger partial charge in [-0.3, -0.25) is 14.5 Å². The summed E-state index contributed by atoms with van der Waals surface area (Å²) in [5.74, 6) is -0.0255. The van der Waals surface area contributed by atoms with Crippen molar-refractivity contribution in [3.8, 4) is 0 Å². The summed E-state index contributed by atoms with van der Waals surface area (Å²) in [6, 6.07) is 9.46. The number of nitrogens with zero attached hydrogens (tertiary/aromatic N) is 3. The van der Waals surface area contributed by atoms with E-state index in [9.17, 15) is 14.4 Å². The van der Waals surface area contributed by atoms with Gasteiger partial charge in [-0.05, 0) is 31.2 Å². The average Bonchev–Trinajstić information content (AvgIpc) is 3.49. The molecule has 0 N–H and O–H groups in total. The Morgan fingerprint density at radius 2 is 1.71 bits per heavy atom. The zero-order valence-corrected chi connectivity index (χ0v) is 16.5. The Bertz CT molecular complexity index is 782. The molecule has 4 amide bonds. The van der Waals surface area contributed by atoms with Gasteiger partial charge >= 0.3 is 6.03 Å². The lowest BCUT2D eigenvalue weighted by Crippen LogP contribution is -2.58. The minimum Gasteiger partial charge on any atom is -0.384 e. The predicted octanol–water partition coefficient (Wildman–Crippen LogP) is 1.87. The molecule has 7 nitrogen and oxygen atoms in total. The van der Waals surface area contributed by atoms with Gasteiger partial charge in [0.15, 0.2) is 0 Å². The van der Waals surface area contributed by atoms with Gasteiger partial charge in [-0.25, -0.2) is 4.79 Å². The van der Waals surface area contributed by atoms with Crippen LogP contribution in [-0.4, -0.2) is 71.9 Å². The van der Waals surface area contributed by atoms with E-state index >= 15 is 0 Å². The van der Waals surface area contributed by atoms with Crippen LogP contribution in [0.1, 0.15) is 31.2 Å². The van der Waals surface area contributed by atoms with Crippen molar-refractivity contribution in [2.24, 2.45) is 5.41 Å². The number of carbonyl (C=O) groups is 3. The van der Waals surface area contributed by atoms with E-state index in [1.807, 2.05) is 35.2 Å². The number of carbonyl (C=O) groups excluding carboxylic acids is 3. The van der Waals surface area contributed by atoms with Crippen LogP contribution < -0.4 is 0 Å². The second-order valence-corrected chi connectivity index (χ2v) is 8.26. The monoisotopic (exact) mass is 385 g/mol.